The summed E-state index contributed by atoms with van der Waals surface area (Å²) in [6, 6.07) is 8.76. The van der Waals surface area contributed by atoms with Gasteiger partial charge in [0.05, 0.1) is 7.11 Å². The van der Waals surface area contributed by atoms with Gasteiger partial charge in [0.15, 0.2) is 5.75 Å². The van der Waals surface area contributed by atoms with Crippen molar-refractivity contribution in [2.45, 2.75) is 38.8 Å². The summed E-state index contributed by atoms with van der Waals surface area (Å²) in [6.45, 7) is 5.04. The number of carbonyl (C=O) groups is 2. The molecule has 12 heteroatoms. The van der Waals surface area contributed by atoms with E-state index in [1.54, 1.807) is 82.0 Å². The second kappa shape index (κ2) is 13.7. The molecular formula is C29H30FN3O7S. The fraction of sp³-hybridized carbons (Fsp3) is 0.241. The molecule has 0 unspecified atom stereocenters. The Morgan fingerprint density at radius 3 is 1.83 bits per heavy atom. The minimum atomic E-state index is -5.41. The smallest absolute Gasteiger partial charge is 0.467 e. The maximum Gasteiger partial charge on any atom is 0.488 e. The van der Waals surface area contributed by atoms with Crippen LogP contribution in [0.15, 0.2) is 61.2 Å². The quantitative estimate of drug-likeness (QED) is 0.258. The lowest BCUT2D eigenvalue weighted by atomic mass is 9.97. The lowest BCUT2D eigenvalue weighted by molar-refractivity contribution is -0.143. The number of alkyl carbamates (subject to hydrolysis) is 1. The van der Waals surface area contributed by atoms with Crippen molar-refractivity contribution in [1.29, 1.82) is 0 Å². The Morgan fingerprint density at radius 1 is 0.927 bits per heavy atom. The molecule has 1 N–H and O–H groups in total. The van der Waals surface area contributed by atoms with Crippen LogP contribution in [0.4, 0.5) is 8.68 Å². The number of methoxy groups -OCH3 is 1. The van der Waals surface area contributed by atoms with Crippen LogP contribution in [0.1, 0.15) is 48.6 Å². The van der Waals surface area contributed by atoms with Crippen LogP contribution in [0.2, 0.25) is 0 Å². The molecule has 3 aromatic rings. The third kappa shape index (κ3) is 10.5. The summed E-state index contributed by atoms with van der Waals surface area (Å²) in [4.78, 5) is 32.9. The largest absolute Gasteiger partial charge is 0.488 e. The normalized spacial score (nSPS) is 12.7. The number of nitrogens with zero attached hydrogens (tertiary/aromatic N) is 2. The Bertz CT molecular complexity index is 1450. The zero-order valence-electron chi connectivity index (χ0n) is 22.9. The van der Waals surface area contributed by atoms with E-state index in [0.29, 0.717) is 5.56 Å². The molecule has 0 bridgehead atoms. The van der Waals surface area contributed by atoms with Gasteiger partial charge in [-0.2, -0.15) is 8.42 Å². The van der Waals surface area contributed by atoms with Gasteiger partial charge in [-0.3, -0.25) is 9.97 Å². The highest BCUT2D eigenvalue weighted by Crippen LogP contribution is 2.32. The Labute approximate surface area is 238 Å². The van der Waals surface area contributed by atoms with Crippen LogP contribution in [0, 0.1) is 0 Å². The average Bonchev–Trinajstić information content (AvgIpc) is 2.90. The molecule has 2 heterocycles. The topological polar surface area (TPSA) is 134 Å². The van der Waals surface area contributed by atoms with Crippen molar-refractivity contribution in [3.8, 4) is 5.75 Å². The molecule has 1 atom stereocenters. The molecular weight excluding hydrogens is 553 g/mol. The van der Waals surface area contributed by atoms with E-state index in [-0.39, 0.29) is 23.3 Å². The van der Waals surface area contributed by atoms with Gasteiger partial charge in [-0.05, 0) is 73.9 Å². The van der Waals surface area contributed by atoms with E-state index in [2.05, 4.69) is 15.3 Å². The molecule has 0 saturated carbocycles. The van der Waals surface area contributed by atoms with Gasteiger partial charge in [0, 0.05) is 42.3 Å². The number of halogens is 1. The predicted molar refractivity (Wildman–Crippen MR) is 152 cm³/mol. The van der Waals surface area contributed by atoms with Crippen molar-refractivity contribution in [3.05, 3.63) is 89.0 Å². The van der Waals surface area contributed by atoms with Gasteiger partial charge in [0.2, 0.25) is 0 Å². The molecule has 0 spiro atoms. The van der Waals surface area contributed by atoms with Crippen molar-refractivity contribution in [1.82, 2.24) is 15.3 Å². The number of esters is 1. The SMILES string of the molecule is COC(=O)[C@H](Cc1cc(/C=C/c2ccncc2)c(OS(=O)(=O)F)c(/C=C/c2ccncc2)c1)NC(=O)OC(C)(C)C. The summed E-state index contributed by atoms with van der Waals surface area (Å²) in [6.07, 6.45) is 11.8. The van der Waals surface area contributed by atoms with E-state index in [0.717, 1.165) is 11.1 Å². The fourth-order valence-corrected chi connectivity index (χ4v) is 4.03. The lowest BCUT2D eigenvalue weighted by Crippen LogP contribution is -2.45. The molecule has 1 amide bonds. The first-order valence-electron chi connectivity index (χ1n) is 12.4. The Morgan fingerprint density at radius 2 is 1.41 bits per heavy atom. The summed E-state index contributed by atoms with van der Waals surface area (Å²) in [5, 5.41) is 2.51. The van der Waals surface area contributed by atoms with Gasteiger partial charge in [0.1, 0.15) is 11.6 Å². The molecule has 10 nitrogen and oxygen atoms in total. The second-order valence-corrected chi connectivity index (χ2v) is 10.7. The standard InChI is InChI=1S/C29H30FN3O7S/c1-29(2,3)39-28(35)33-25(27(34)38-4)19-22-17-23(7-5-20-9-13-31-14-10-20)26(40-41(30,36)37)24(18-22)8-6-21-11-15-32-16-12-21/h5-18,25H,19H2,1-4H3,(H,33,35)/b7-5+,8-6+/t25-/m0/s1. The van der Waals surface area contributed by atoms with Crippen LogP contribution in [0.25, 0.3) is 24.3 Å². The van der Waals surface area contributed by atoms with Gasteiger partial charge in [-0.15, -0.1) is 0 Å². The number of pyridine rings is 2. The molecule has 0 fully saturated rings. The number of benzene rings is 1. The summed E-state index contributed by atoms with van der Waals surface area (Å²) < 4.78 is 52.0. The molecule has 216 valence electrons. The van der Waals surface area contributed by atoms with Crippen LogP contribution >= 0.6 is 0 Å². The zero-order valence-corrected chi connectivity index (χ0v) is 23.7. The Balaban J connectivity index is 2.12. The monoisotopic (exact) mass is 583 g/mol. The van der Waals surface area contributed by atoms with Crippen LogP contribution in [0.3, 0.4) is 0 Å². The number of rotatable bonds is 10. The van der Waals surface area contributed by atoms with Crippen molar-refractivity contribution in [2.75, 3.05) is 7.11 Å². The number of nitrogens with one attached hydrogen (secondary N) is 1. The minimum absolute atomic E-state index is 0.0687. The highest BCUT2D eigenvalue weighted by molar-refractivity contribution is 7.81. The first-order valence-corrected chi connectivity index (χ1v) is 13.7. The molecule has 0 saturated heterocycles. The second-order valence-electron chi connectivity index (χ2n) is 9.73. The van der Waals surface area contributed by atoms with Crippen LogP contribution in [-0.2, 0) is 31.2 Å². The van der Waals surface area contributed by atoms with Gasteiger partial charge < -0.3 is 19.0 Å². The number of ether oxygens (including phenoxy) is 2. The number of hydrogen-bond donors (Lipinski definition) is 1. The molecule has 1 aromatic carbocycles. The summed E-state index contributed by atoms with van der Waals surface area (Å²) in [5.74, 6) is -1.01. The van der Waals surface area contributed by atoms with Crippen molar-refractivity contribution < 1.29 is 35.5 Å². The van der Waals surface area contributed by atoms with E-state index in [9.17, 15) is 21.9 Å². The maximum atomic E-state index is 13.9. The van der Waals surface area contributed by atoms with E-state index in [1.165, 1.54) is 31.4 Å². The van der Waals surface area contributed by atoms with E-state index in [1.807, 2.05) is 0 Å². The highest BCUT2D eigenvalue weighted by Gasteiger charge is 2.26. The third-order valence-electron chi connectivity index (χ3n) is 5.33. The molecule has 2 aromatic heterocycles. The van der Waals surface area contributed by atoms with Crippen LogP contribution < -0.4 is 9.50 Å². The van der Waals surface area contributed by atoms with Crippen molar-refractivity contribution in [3.63, 3.8) is 0 Å². The van der Waals surface area contributed by atoms with Crippen LogP contribution in [-0.4, -0.2) is 49.2 Å². The molecule has 0 aliphatic heterocycles. The van der Waals surface area contributed by atoms with Crippen molar-refractivity contribution >= 4 is 46.9 Å². The molecule has 41 heavy (non-hydrogen) atoms. The first kappa shape index (κ1) is 31.0. The maximum absolute atomic E-state index is 13.9. The molecule has 0 radical (unpaired) electrons. The first-order chi connectivity index (χ1) is 19.3. The average molecular weight is 584 g/mol. The summed E-state index contributed by atoms with van der Waals surface area (Å²) >= 11 is 0. The van der Waals surface area contributed by atoms with E-state index >= 15 is 0 Å². The number of aromatic nitrogens is 2. The van der Waals surface area contributed by atoms with E-state index in [4.69, 9.17) is 13.7 Å². The van der Waals surface area contributed by atoms with Gasteiger partial charge in [-0.25, -0.2) is 9.59 Å². The third-order valence-corrected chi connectivity index (χ3v) is 5.69. The van der Waals surface area contributed by atoms with Crippen LogP contribution in [0.5, 0.6) is 5.75 Å². The minimum Gasteiger partial charge on any atom is -0.467 e. The predicted octanol–water partition coefficient (Wildman–Crippen LogP) is 5.02. The van der Waals surface area contributed by atoms with Gasteiger partial charge in [0.25, 0.3) is 0 Å². The fourth-order valence-electron chi connectivity index (χ4n) is 3.64. The zero-order chi connectivity index (χ0) is 30.0. The van der Waals surface area contributed by atoms with Crippen molar-refractivity contribution in [2.24, 2.45) is 0 Å². The molecule has 0 aliphatic rings. The number of amides is 1. The summed E-state index contributed by atoms with van der Waals surface area (Å²) in [5.41, 5.74) is 1.51. The lowest BCUT2D eigenvalue weighted by Gasteiger charge is -2.23. The summed E-state index contributed by atoms with van der Waals surface area (Å²) in [7, 11) is -4.23. The Kier molecular flexibility index (Phi) is 10.3. The van der Waals surface area contributed by atoms with E-state index < -0.39 is 34.2 Å². The molecule has 0 aliphatic carbocycles. The van der Waals surface area contributed by atoms with Gasteiger partial charge >= 0.3 is 22.6 Å². The Hall–Kier alpha value is -4.58. The highest BCUT2D eigenvalue weighted by atomic mass is 32.3. The van der Waals surface area contributed by atoms with Gasteiger partial charge in [-0.1, -0.05) is 28.2 Å². The number of carbonyl (C=O) groups excluding carboxylic acids is 2. The number of hydrogen-bond acceptors (Lipinski definition) is 9. The molecule has 3 rings (SSSR count).